The molecule has 0 rings (SSSR count). The van der Waals surface area contributed by atoms with Crippen LogP contribution in [0.4, 0.5) is 0 Å². The Balaban J connectivity index is 3.60. The molecule has 0 aliphatic carbocycles. The second-order valence-corrected chi connectivity index (χ2v) is 5.26. The minimum absolute atomic E-state index is 0.275. The van der Waals surface area contributed by atoms with Gasteiger partial charge in [0.2, 0.25) is 0 Å². The van der Waals surface area contributed by atoms with E-state index in [0.717, 1.165) is 0 Å². The van der Waals surface area contributed by atoms with Crippen molar-refractivity contribution in [3.8, 4) is 0 Å². The molecule has 0 saturated carbocycles. The first-order chi connectivity index (χ1) is 3.06. The van der Waals surface area contributed by atoms with E-state index in [9.17, 15) is 8.42 Å². The van der Waals surface area contributed by atoms with Crippen molar-refractivity contribution in [1.29, 1.82) is 0 Å². The first kappa shape index (κ1) is 7.38. The molecule has 0 aromatic heterocycles. The van der Waals surface area contributed by atoms with Gasteiger partial charge < -0.3 is 0 Å². The van der Waals surface area contributed by atoms with Crippen molar-refractivity contribution in [2.45, 2.75) is 13.3 Å². The van der Waals surface area contributed by atoms with Crippen LogP contribution in [-0.4, -0.2) is 14.2 Å². The van der Waals surface area contributed by atoms with Crippen LogP contribution < -0.4 is 0 Å². The average Bonchev–Trinajstić information content (AvgIpc) is 1.30. The van der Waals surface area contributed by atoms with Crippen LogP contribution in [0, 0.1) is 0 Å². The van der Waals surface area contributed by atoms with Crippen molar-refractivity contribution >= 4 is 17.9 Å². The maximum absolute atomic E-state index is 10.2. The quantitative estimate of drug-likeness (QED) is 0.526. The lowest BCUT2D eigenvalue weighted by Crippen LogP contribution is -1.92. The van der Waals surface area contributed by atoms with Gasteiger partial charge in [-0.1, -0.05) is 6.92 Å². The zero-order chi connectivity index (χ0) is 5.91. The number of hydrogen-bond donors (Lipinski definition) is 0. The van der Waals surface area contributed by atoms with Gasteiger partial charge in [-0.15, -0.1) is 0 Å². The molecular weight excluding hydrogens is 131 g/mol. The Morgan fingerprint density at radius 2 is 2.00 bits per heavy atom. The van der Waals surface area contributed by atoms with Gasteiger partial charge in [-0.3, -0.25) is 0 Å². The highest BCUT2D eigenvalue weighted by Gasteiger charge is 1.95. The summed E-state index contributed by atoms with van der Waals surface area (Å²) >= 11 is 0. The summed E-state index contributed by atoms with van der Waals surface area (Å²) in [4.78, 5) is 0. The van der Waals surface area contributed by atoms with Crippen molar-refractivity contribution in [2.24, 2.45) is 0 Å². The van der Waals surface area contributed by atoms with E-state index >= 15 is 0 Å². The molecule has 0 aliphatic heterocycles. The van der Waals surface area contributed by atoms with Gasteiger partial charge in [0, 0.05) is 0 Å². The van der Waals surface area contributed by atoms with Crippen LogP contribution in [0.2, 0.25) is 0 Å². The summed E-state index contributed by atoms with van der Waals surface area (Å²) in [5.74, 6) is 0.275. The van der Waals surface area contributed by atoms with E-state index in [1.165, 1.54) is 0 Å². The van der Waals surface area contributed by atoms with Gasteiger partial charge in [-0.05, 0) is 14.9 Å². The highest BCUT2D eigenvalue weighted by molar-refractivity contribution is 8.37. The van der Waals surface area contributed by atoms with Crippen molar-refractivity contribution in [3.05, 3.63) is 0 Å². The molecule has 0 aromatic rings. The Morgan fingerprint density at radius 1 is 1.57 bits per heavy atom. The highest BCUT2D eigenvalue weighted by Crippen LogP contribution is 2.00. The molecule has 0 spiro atoms. The maximum atomic E-state index is 10.2. The average molecular weight is 140 g/mol. The van der Waals surface area contributed by atoms with E-state index in [2.05, 4.69) is 0 Å². The predicted octanol–water partition coefficient (Wildman–Crippen LogP) is 0.601. The van der Waals surface area contributed by atoms with Gasteiger partial charge >= 0.3 is 0 Å². The van der Waals surface area contributed by atoms with Crippen LogP contribution in [0.1, 0.15) is 13.3 Å². The van der Waals surface area contributed by atoms with E-state index < -0.39 is 9.46 Å². The van der Waals surface area contributed by atoms with Gasteiger partial charge in [0.05, 0.1) is 5.75 Å². The fourth-order valence-electron chi connectivity index (χ4n) is 0.285. The SMILES string of the molecule is CCCS(=O)(=O)P. The van der Waals surface area contributed by atoms with Crippen LogP contribution in [0.5, 0.6) is 0 Å². The van der Waals surface area contributed by atoms with Crippen LogP contribution >= 0.6 is 8.44 Å². The van der Waals surface area contributed by atoms with E-state index in [1.54, 1.807) is 0 Å². The summed E-state index contributed by atoms with van der Waals surface area (Å²) in [6.07, 6.45) is 0.700. The van der Waals surface area contributed by atoms with E-state index in [4.69, 9.17) is 0 Å². The van der Waals surface area contributed by atoms with E-state index in [-0.39, 0.29) is 5.75 Å². The molecule has 0 heterocycles. The molecule has 7 heavy (non-hydrogen) atoms. The molecule has 4 heteroatoms. The Hall–Kier alpha value is 0.380. The monoisotopic (exact) mass is 140 g/mol. The van der Waals surface area contributed by atoms with Crippen LogP contribution in [-0.2, 0) is 9.46 Å². The summed E-state index contributed by atoms with van der Waals surface area (Å²) < 4.78 is 20.4. The molecule has 0 radical (unpaired) electrons. The Bertz CT molecular complexity index is 126. The second-order valence-electron chi connectivity index (χ2n) is 1.37. The molecule has 44 valence electrons. The molecule has 1 unspecified atom stereocenters. The third-order valence-corrected chi connectivity index (χ3v) is 2.17. The molecule has 0 N–H and O–H groups in total. The molecule has 1 atom stereocenters. The van der Waals surface area contributed by atoms with Gasteiger partial charge in [0.25, 0.3) is 0 Å². The molecule has 0 saturated heterocycles. The molecule has 0 aliphatic rings. The van der Waals surface area contributed by atoms with Crippen molar-refractivity contribution in [2.75, 3.05) is 5.75 Å². The minimum atomic E-state index is -2.76. The molecule has 0 amide bonds. The third-order valence-electron chi connectivity index (χ3n) is 0.489. The molecule has 0 fully saturated rings. The lowest BCUT2D eigenvalue weighted by atomic mass is 10.6. The van der Waals surface area contributed by atoms with Crippen LogP contribution in [0.3, 0.4) is 0 Å². The number of hydrogen-bond acceptors (Lipinski definition) is 2. The second kappa shape index (κ2) is 2.63. The van der Waals surface area contributed by atoms with Gasteiger partial charge in [-0.2, -0.15) is 0 Å². The smallest absolute Gasteiger partial charge is 0.161 e. The van der Waals surface area contributed by atoms with Crippen molar-refractivity contribution in [3.63, 3.8) is 0 Å². The first-order valence-corrected chi connectivity index (χ1v) is 5.19. The van der Waals surface area contributed by atoms with E-state index in [0.29, 0.717) is 6.42 Å². The Kier molecular flexibility index (Phi) is 2.77. The lowest BCUT2D eigenvalue weighted by Gasteiger charge is -1.87. The zero-order valence-corrected chi connectivity index (χ0v) is 6.19. The molecule has 2 nitrogen and oxygen atoms in total. The highest BCUT2D eigenvalue weighted by atomic mass is 32.7. The molecule has 0 bridgehead atoms. The van der Waals surface area contributed by atoms with Crippen molar-refractivity contribution < 1.29 is 8.42 Å². The van der Waals surface area contributed by atoms with Crippen molar-refractivity contribution in [1.82, 2.24) is 0 Å². The van der Waals surface area contributed by atoms with E-state index in [1.807, 2.05) is 15.4 Å². The first-order valence-electron chi connectivity index (χ1n) is 2.06. The van der Waals surface area contributed by atoms with Crippen LogP contribution in [0.15, 0.2) is 0 Å². The molecule has 0 aromatic carbocycles. The fraction of sp³-hybridized carbons (Fsp3) is 1.00. The third kappa shape index (κ3) is 6.38. The largest absolute Gasteiger partial charge is 0.225 e. The summed E-state index contributed by atoms with van der Waals surface area (Å²) in [5.41, 5.74) is 0. The van der Waals surface area contributed by atoms with Crippen LogP contribution in [0.25, 0.3) is 0 Å². The minimum Gasteiger partial charge on any atom is -0.225 e. The lowest BCUT2D eigenvalue weighted by molar-refractivity contribution is 0.609. The Labute approximate surface area is 46.2 Å². The predicted molar refractivity (Wildman–Crippen MR) is 33.8 cm³/mol. The van der Waals surface area contributed by atoms with Gasteiger partial charge in [0.15, 0.2) is 9.46 Å². The topological polar surface area (TPSA) is 34.1 Å². The van der Waals surface area contributed by atoms with Gasteiger partial charge in [0.1, 0.15) is 0 Å². The number of rotatable bonds is 2. The summed E-state index contributed by atoms with van der Waals surface area (Å²) in [6, 6.07) is 0. The summed E-state index contributed by atoms with van der Waals surface area (Å²) in [5, 5.41) is 0. The summed E-state index contributed by atoms with van der Waals surface area (Å²) in [7, 11) is -0.949. The maximum Gasteiger partial charge on any atom is 0.161 e. The van der Waals surface area contributed by atoms with Gasteiger partial charge in [-0.25, -0.2) is 8.42 Å². The fourth-order valence-corrected chi connectivity index (χ4v) is 1.56. The standard InChI is InChI=1S/C3H9O2PS/c1-2-3-7(4,5)6/h2-3,6H2,1H3. The molecular formula is C3H9O2PS. The zero-order valence-electron chi connectivity index (χ0n) is 4.22. The Morgan fingerprint density at radius 3 is 2.00 bits per heavy atom. The summed E-state index contributed by atoms with van der Waals surface area (Å²) in [6.45, 7) is 1.83. The normalized spacial score (nSPS) is 11.7.